The highest BCUT2D eigenvalue weighted by Gasteiger charge is 2.26. The topological polar surface area (TPSA) is 36.9 Å². The molecule has 0 N–H and O–H groups in total. The highest BCUT2D eigenvalue weighted by Crippen LogP contribution is 2.23. The lowest BCUT2D eigenvalue weighted by Gasteiger charge is -2.34. The van der Waals surface area contributed by atoms with Gasteiger partial charge in [0, 0.05) is 13.2 Å². The lowest BCUT2D eigenvalue weighted by Crippen LogP contribution is -2.37. The number of ether oxygens (including phenoxy) is 4. The summed E-state index contributed by atoms with van der Waals surface area (Å²) in [7, 11) is 0. The molecule has 4 nitrogen and oxygen atoms in total. The van der Waals surface area contributed by atoms with Crippen molar-refractivity contribution < 1.29 is 18.9 Å². The van der Waals surface area contributed by atoms with E-state index in [1.165, 1.54) is 0 Å². The van der Waals surface area contributed by atoms with Crippen LogP contribution in [0.4, 0.5) is 0 Å². The number of rotatable bonds is 18. The molecule has 0 saturated heterocycles. The average molecular weight is 401 g/mol. The fourth-order valence-electron chi connectivity index (χ4n) is 2.82. The minimum Gasteiger partial charge on any atom is -0.379 e. The second-order valence-corrected chi connectivity index (χ2v) is 9.48. The minimum absolute atomic E-state index is 0.0872. The van der Waals surface area contributed by atoms with Gasteiger partial charge in [0.15, 0.2) is 0 Å². The molecule has 1 atom stereocenters. The van der Waals surface area contributed by atoms with Crippen LogP contribution in [0, 0.1) is 0 Å². The van der Waals surface area contributed by atoms with Crippen molar-refractivity contribution >= 4 is 0 Å². The van der Waals surface area contributed by atoms with Gasteiger partial charge in [-0.05, 0) is 87.5 Å². The van der Waals surface area contributed by atoms with Gasteiger partial charge in [0.25, 0.3) is 0 Å². The predicted octanol–water partition coefficient (Wildman–Crippen LogP) is 6.32. The van der Waals surface area contributed by atoms with Crippen molar-refractivity contribution in [1.29, 1.82) is 0 Å². The fourth-order valence-corrected chi connectivity index (χ4v) is 2.82. The van der Waals surface area contributed by atoms with Crippen molar-refractivity contribution in [2.75, 3.05) is 19.8 Å². The zero-order valence-electron chi connectivity index (χ0n) is 20.0. The third-order valence-corrected chi connectivity index (χ3v) is 4.64. The van der Waals surface area contributed by atoms with Crippen LogP contribution in [0.2, 0.25) is 0 Å². The monoisotopic (exact) mass is 400 g/mol. The van der Waals surface area contributed by atoms with Crippen LogP contribution in [0.1, 0.15) is 93.9 Å². The maximum Gasteiger partial charge on any atom is 0.0816 e. The molecular formula is C24H48O4. The van der Waals surface area contributed by atoms with E-state index in [2.05, 4.69) is 62.0 Å². The second-order valence-electron chi connectivity index (χ2n) is 9.48. The molecule has 0 spiro atoms. The Morgan fingerprint density at radius 3 is 1.86 bits per heavy atom. The Morgan fingerprint density at radius 1 is 0.821 bits per heavy atom. The summed E-state index contributed by atoms with van der Waals surface area (Å²) in [6, 6.07) is 0. The highest BCUT2D eigenvalue weighted by molar-refractivity contribution is 4.75. The third-order valence-electron chi connectivity index (χ3n) is 4.64. The third kappa shape index (κ3) is 16.5. The van der Waals surface area contributed by atoms with Gasteiger partial charge < -0.3 is 18.9 Å². The lowest BCUT2D eigenvalue weighted by atomic mass is 10.0. The molecule has 0 aliphatic carbocycles. The van der Waals surface area contributed by atoms with E-state index in [4.69, 9.17) is 18.9 Å². The number of hydrogen-bond donors (Lipinski definition) is 0. The van der Waals surface area contributed by atoms with Crippen molar-refractivity contribution in [1.82, 2.24) is 0 Å². The molecule has 0 aromatic heterocycles. The van der Waals surface area contributed by atoms with Gasteiger partial charge in [0.1, 0.15) is 0 Å². The maximum atomic E-state index is 6.48. The van der Waals surface area contributed by atoms with Crippen LogP contribution >= 0.6 is 0 Å². The van der Waals surface area contributed by atoms with Crippen LogP contribution in [0.5, 0.6) is 0 Å². The van der Waals surface area contributed by atoms with E-state index in [-0.39, 0.29) is 29.5 Å². The summed E-state index contributed by atoms with van der Waals surface area (Å²) >= 11 is 0. The highest BCUT2D eigenvalue weighted by atomic mass is 16.6. The van der Waals surface area contributed by atoms with E-state index in [1.54, 1.807) is 0 Å². The first kappa shape index (κ1) is 27.6. The second kappa shape index (κ2) is 14.5. The zero-order chi connectivity index (χ0) is 21.6. The van der Waals surface area contributed by atoms with Crippen molar-refractivity contribution in [3.8, 4) is 0 Å². The van der Waals surface area contributed by atoms with Gasteiger partial charge in [-0.15, -0.1) is 6.58 Å². The van der Waals surface area contributed by atoms with Gasteiger partial charge in [-0.1, -0.05) is 12.5 Å². The normalized spacial score (nSPS) is 14.1. The number of hydrogen-bond acceptors (Lipinski definition) is 4. The van der Waals surface area contributed by atoms with E-state index >= 15 is 0 Å². The molecule has 0 radical (unpaired) electrons. The molecule has 168 valence electrons. The molecule has 4 heteroatoms. The summed E-state index contributed by atoms with van der Waals surface area (Å²) in [6.45, 7) is 22.7. The molecule has 0 aromatic carbocycles. The van der Waals surface area contributed by atoms with Crippen LogP contribution in [0.25, 0.3) is 0 Å². The Balaban J connectivity index is 4.61. The Labute approximate surface area is 175 Å². The summed E-state index contributed by atoms with van der Waals surface area (Å²) in [5, 5.41) is 0. The predicted molar refractivity (Wildman–Crippen MR) is 119 cm³/mol. The molecule has 0 aromatic rings. The van der Waals surface area contributed by atoms with E-state index in [9.17, 15) is 0 Å². The van der Waals surface area contributed by atoms with E-state index in [1.807, 2.05) is 6.08 Å². The van der Waals surface area contributed by atoms with Crippen molar-refractivity contribution in [3.63, 3.8) is 0 Å². The molecule has 1 unspecified atom stereocenters. The Hall–Kier alpha value is -0.420. The van der Waals surface area contributed by atoms with Crippen LogP contribution in [-0.2, 0) is 18.9 Å². The van der Waals surface area contributed by atoms with Gasteiger partial charge in [0.05, 0.1) is 36.1 Å². The average Bonchev–Trinajstić information content (AvgIpc) is 2.55. The summed E-state index contributed by atoms with van der Waals surface area (Å²) < 4.78 is 24.1. The minimum atomic E-state index is -0.230. The van der Waals surface area contributed by atoms with Gasteiger partial charge in [-0.25, -0.2) is 0 Å². The summed E-state index contributed by atoms with van der Waals surface area (Å²) in [5.74, 6) is 0. The maximum absolute atomic E-state index is 6.48. The number of unbranched alkanes of at least 4 members (excludes halogenated alkanes) is 2. The molecule has 0 heterocycles. The first-order valence-corrected chi connectivity index (χ1v) is 11.1. The Bertz CT molecular complexity index is 388. The molecule has 0 fully saturated rings. The zero-order valence-corrected chi connectivity index (χ0v) is 20.0. The Morgan fingerprint density at radius 2 is 1.36 bits per heavy atom. The first-order chi connectivity index (χ1) is 13.0. The van der Waals surface area contributed by atoms with Crippen molar-refractivity contribution in [2.45, 2.75) is 123 Å². The van der Waals surface area contributed by atoms with Gasteiger partial charge >= 0.3 is 0 Å². The molecule has 0 bridgehead atoms. The molecule has 28 heavy (non-hydrogen) atoms. The summed E-state index contributed by atoms with van der Waals surface area (Å²) in [4.78, 5) is 0. The first-order valence-electron chi connectivity index (χ1n) is 11.1. The lowest BCUT2D eigenvalue weighted by molar-refractivity contribution is -0.143. The van der Waals surface area contributed by atoms with E-state index < -0.39 is 0 Å². The molecular weight excluding hydrogens is 352 g/mol. The molecule has 0 aliphatic rings. The van der Waals surface area contributed by atoms with Crippen molar-refractivity contribution in [3.05, 3.63) is 12.7 Å². The molecule has 0 aliphatic heterocycles. The fraction of sp³-hybridized carbons (Fsp3) is 0.917. The SMILES string of the molecule is C=CCCCCC(COC(C)(C)CCOC(C)C)OC(C)(C)CCOC(C)C. The number of allylic oxidation sites excluding steroid dienone is 1. The molecule has 0 rings (SSSR count). The smallest absolute Gasteiger partial charge is 0.0816 e. The standard InChI is InChI=1S/C24H48O4/c1-10-11-12-13-14-22(28-24(8,9)16-18-26-21(4)5)19-27-23(6,7)15-17-25-20(2)3/h10,20-22H,1,11-19H2,2-9H3. The van der Waals surface area contributed by atoms with Crippen LogP contribution in [-0.4, -0.2) is 49.3 Å². The van der Waals surface area contributed by atoms with Gasteiger partial charge in [0.2, 0.25) is 0 Å². The molecule has 0 amide bonds. The van der Waals surface area contributed by atoms with E-state index in [0.717, 1.165) is 38.5 Å². The van der Waals surface area contributed by atoms with Gasteiger partial charge in [-0.2, -0.15) is 0 Å². The van der Waals surface area contributed by atoms with Crippen LogP contribution in [0.15, 0.2) is 12.7 Å². The summed E-state index contributed by atoms with van der Waals surface area (Å²) in [5.41, 5.74) is -0.450. The van der Waals surface area contributed by atoms with Crippen molar-refractivity contribution in [2.24, 2.45) is 0 Å². The van der Waals surface area contributed by atoms with E-state index in [0.29, 0.717) is 19.8 Å². The van der Waals surface area contributed by atoms with Crippen LogP contribution < -0.4 is 0 Å². The van der Waals surface area contributed by atoms with Crippen LogP contribution in [0.3, 0.4) is 0 Å². The largest absolute Gasteiger partial charge is 0.379 e. The summed E-state index contributed by atoms with van der Waals surface area (Å²) in [6.07, 6.45) is 8.65. The quantitative estimate of drug-likeness (QED) is 0.199. The molecule has 0 saturated carbocycles. The Kier molecular flexibility index (Phi) is 14.3. The van der Waals surface area contributed by atoms with Gasteiger partial charge in [-0.3, -0.25) is 0 Å².